The van der Waals surface area contributed by atoms with Crippen LogP contribution in [-0.2, 0) is 16.6 Å². The Morgan fingerprint density at radius 3 is 2.88 bits per heavy atom. The molecule has 0 radical (unpaired) electrons. The van der Waals surface area contributed by atoms with Gasteiger partial charge in [0.1, 0.15) is 5.75 Å². The van der Waals surface area contributed by atoms with Crippen LogP contribution in [0.25, 0.3) is 0 Å². The summed E-state index contributed by atoms with van der Waals surface area (Å²) in [7, 11) is 0. The average molecular weight is 233 g/mol. The van der Waals surface area contributed by atoms with Crippen LogP contribution < -0.4 is 10.5 Å². The first-order valence-corrected chi connectivity index (χ1v) is 5.88. The smallest absolute Gasteiger partial charge is 0.314 e. The lowest BCUT2D eigenvalue weighted by atomic mass is 9.61. The van der Waals surface area contributed by atoms with Crippen LogP contribution in [0.1, 0.15) is 24.0 Å². The molecule has 1 aliphatic carbocycles. The highest BCUT2D eigenvalue weighted by molar-refractivity contribution is 5.84. The van der Waals surface area contributed by atoms with Crippen molar-refractivity contribution >= 4 is 5.97 Å². The molecule has 4 heteroatoms. The van der Waals surface area contributed by atoms with Gasteiger partial charge in [-0.1, -0.05) is 18.2 Å². The van der Waals surface area contributed by atoms with Crippen molar-refractivity contribution in [2.45, 2.75) is 30.7 Å². The second-order valence-electron chi connectivity index (χ2n) is 4.95. The van der Waals surface area contributed by atoms with E-state index < -0.39 is 11.4 Å². The molecule has 0 spiro atoms. The van der Waals surface area contributed by atoms with Crippen LogP contribution in [-0.4, -0.2) is 23.7 Å². The number of hydrogen-bond donors (Lipinski definition) is 2. The number of rotatable bonds is 2. The van der Waals surface area contributed by atoms with E-state index in [2.05, 4.69) is 0 Å². The third-order valence-corrected chi connectivity index (χ3v) is 3.86. The molecule has 3 rings (SSSR count). The van der Waals surface area contributed by atoms with Crippen LogP contribution in [0.15, 0.2) is 18.2 Å². The van der Waals surface area contributed by atoms with Gasteiger partial charge in [-0.25, -0.2) is 0 Å². The minimum absolute atomic E-state index is 0.0108. The molecule has 0 atom stereocenters. The quantitative estimate of drug-likeness (QED) is 0.801. The lowest BCUT2D eigenvalue weighted by Gasteiger charge is -2.43. The summed E-state index contributed by atoms with van der Waals surface area (Å²) >= 11 is 0. The van der Waals surface area contributed by atoms with Crippen molar-refractivity contribution in [3.8, 4) is 5.75 Å². The Balaban J connectivity index is 2.09. The monoisotopic (exact) mass is 233 g/mol. The van der Waals surface area contributed by atoms with E-state index in [1.165, 1.54) is 0 Å². The Bertz CT molecular complexity index is 478. The number of aliphatic carboxylic acids is 1. The van der Waals surface area contributed by atoms with E-state index >= 15 is 0 Å². The van der Waals surface area contributed by atoms with Crippen molar-refractivity contribution in [3.05, 3.63) is 29.3 Å². The largest absolute Gasteiger partial charge is 0.493 e. The molecule has 1 fully saturated rings. The molecule has 0 saturated heterocycles. The second-order valence-corrected chi connectivity index (χ2v) is 4.95. The molecular formula is C13H15NO3. The van der Waals surface area contributed by atoms with E-state index in [0.29, 0.717) is 19.4 Å². The third kappa shape index (κ3) is 1.37. The first-order chi connectivity index (χ1) is 8.13. The third-order valence-electron chi connectivity index (χ3n) is 3.86. The number of carboxylic acids is 1. The zero-order chi connectivity index (χ0) is 12.0. The van der Waals surface area contributed by atoms with Crippen molar-refractivity contribution < 1.29 is 14.6 Å². The van der Waals surface area contributed by atoms with Gasteiger partial charge in [0.25, 0.3) is 0 Å². The van der Waals surface area contributed by atoms with Crippen LogP contribution in [0.3, 0.4) is 0 Å². The van der Waals surface area contributed by atoms with Gasteiger partial charge < -0.3 is 15.6 Å². The molecule has 1 saturated carbocycles. The van der Waals surface area contributed by atoms with Crippen LogP contribution in [0.2, 0.25) is 0 Å². The molecule has 1 aromatic carbocycles. The summed E-state index contributed by atoms with van der Waals surface area (Å²) in [4.78, 5) is 11.5. The Kier molecular flexibility index (Phi) is 2.16. The fourth-order valence-electron chi connectivity index (χ4n) is 2.94. The Hall–Kier alpha value is -1.55. The highest BCUT2D eigenvalue weighted by Gasteiger charge is 2.52. The van der Waals surface area contributed by atoms with Crippen molar-refractivity contribution in [1.29, 1.82) is 0 Å². The van der Waals surface area contributed by atoms with Crippen molar-refractivity contribution in [2.75, 3.05) is 6.61 Å². The Labute approximate surface area is 99.4 Å². The number of carbonyl (C=O) groups is 1. The van der Waals surface area contributed by atoms with Gasteiger partial charge in [0.2, 0.25) is 0 Å². The van der Waals surface area contributed by atoms with Crippen molar-refractivity contribution in [2.24, 2.45) is 5.73 Å². The number of fused-ring (bicyclic) bond motifs is 1. The second kappa shape index (κ2) is 3.47. The summed E-state index contributed by atoms with van der Waals surface area (Å²) in [6.07, 6.45) is 1.87. The fraction of sp³-hybridized carbons (Fsp3) is 0.462. The first-order valence-electron chi connectivity index (χ1n) is 5.88. The van der Waals surface area contributed by atoms with E-state index in [9.17, 15) is 9.90 Å². The van der Waals surface area contributed by atoms with Gasteiger partial charge >= 0.3 is 5.97 Å². The molecule has 1 aliphatic heterocycles. The van der Waals surface area contributed by atoms with E-state index in [1.54, 1.807) is 0 Å². The van der Waals surface area contributed by atoms with Crippen LogP contribution in [0.5, 0.6) is 5.75 Å². The molecule has 1 aromatic rings. The summed E-state index contributed by atoms with van der Waals surface area (Å²) in [5, 5.41) is 9.48. The number of para-hydroxylation sites is 1. The average Bonchev–Trinajstić information content (AvgIpc) is 2.71. The number of ether oxygens (including phenoxy) is 1. The maximum atomic E-state index is 11.5. The Morgan fingerprint density at radius 1 is 1.47 bits per heavy atom. The first kappa shape index (κ1) is 10.6. The molecule has 17 heavy (non-hydrogen) atoms. The SMILES string of the molecule is NC1CC(C(=O)O)(c2cccc3c2OCC3)C1. The van der Waals surface area contributed by atoms with Gasteiger partial charge in [-0.2, -0.15) is 0 Å². The lowest BCUT2D eigenvalue weighted by Crippen LogP contribution is -2.54. The molecule has 0 amide bonds. The minimum atomic E-state index is -0.824. The van der Waals surface area contributed by atoms with Crippen LogP contribution in [0.4, 0.5) is 0 Å². The van der Waals surface area contributed by atoms with Crippen molar-refractivity contribution in [1.82, 2.24) is 0 Å². The van der Waals surface area contributed by atoms with Gasteiger partial charge in [0.15, 0.2) is 0 Å². The fourth-order valence-corrected chi connectivity index (χ4v) is 2.94. The maximum absolute atomic E-state index is 11.5. The Morgan fingerprint density at radius 2 is 2.24 bits per heavy atom. The zero-order valence-corrected chi connectivity index (χ0v) is 9.48. The van der Waals surface area contributed by atoms with Gasteiger partial charge in [0.05, 0.1) is 12.0 Å². The zero-order valence-electron chi connectivity index (χ0n) is 9.48. The molecule has 0 unspecified atom stereocenters. The summed E-state index contributed by atoms with van der Waals surface area (Å²) in [6, 6.07) is 5.77. The molecule has 0 aromatic heterocycles. The molecule has 4 nitrogen and oxygen atoms in total. The summed E-state index contributed by atoms with van der Waals surface area (Å²) in [5.74, 6) is -0.00935. The van der Waals surface area contributed by atoms with E-state index in [0.717, 1.165) is 23.3 Å². The lowest BCUT2D eigenvalue weighted by molar-refractivity contribution is -0.148. The predicted molar refractivity (Wildman–Crippen MR) is 62.2 cm³/mol. The highest BCUT2D eigenvalue weighted by Crippen LogP contribution is 2.48. The summed E-state index contributed by atoms with van der Waals surface area (Å²) in [6.45, 7) is 0.647. The molecule has 90 valence electrons. The number of carboxylic acid groups (broad SMARTS) is 1. The number of benzene rings is 1. The van der Waals surface area contributed by atoms with Gasteiger partial charge in [-0.3, -0.25) is 4.79 Å². The highest BCUT2D eigenvalue weighted by atomic mass is 16.5. The van der Waals surface area contributed by atoms with Crippen LogP contribution in [0, 0.1) is 0 Å². The predicted octanol–water partition coefficient (Wildman–Crippen LogP) is 1.06. The maximum Gasteiger partial charge on any atom is 0.314 e. The standard InChI is InChI=1S/C13H15NO3/c14-9-6-13(7-9,12(15)16)10-3-1-2-8-4-5-17-11(8)10/h1-3,9H,4-7,14H2,(H,15,16). The molecule has 1 heterocycles. The molecule has 3 N–H and O–H groups in total. The van der Waals surface area contributed by atoms with Crippen molar-refractivity contribution in [3.63, 3.8) is 0 Å². The summed E-state index contributed by atoms with van der Waals surface area (Å²) in [5.41, 5.74) is 6.87. The van der Waals surface area contributed by atoms with E-state index in [1.807, 2.05) is 18.2 Å². The number of hydrogen-bond acceptors (Lipinski definition) is 3. The summed E-state index contributed by atoms with van der Waals surface area (Å²) < 4.78 is 5.59. The number of nitrogens with two attached hydrogens (primary N) is 1. The molecule has 2 aliphatic rings. The topological polar surface area (TPSA) is 72.6 Å². The van der Waals surface area contributed by atoms with E-state index in [-0.39, 0.29) is 6.04 Å². The molecular weight excluding hydrogens is 218 g/mol. The van der Waals surface area contributed by atoms with Gasteiger partial charge in [-0.05, 0) is 18.4 Å². The molecule has 0 bridgehead atoms. The minimum Gasteiger partial charge on any atom is -0.493 e. The van der Waals surface area contributed by atoms with Crippen LogP contribution >= 0.6 is 0 Å². The van der Waals surface area contributed by atoms with Gasteiger partial charge in [-0.15, -0.1) is 0 Å². The van der Waals surface area contributed by atoms with Gasteiger partial charge in [0, 0.05) is 18.0 Å². The normalized spacial score (nSPS) is 30.3. The van der Waals surface area contributed by atoms with E-state index in [4.69, 9.17) is 10.5 Å².